The maximum atomic E-state index is 13.7. The number of rotatable bonds is 10. The smallest absolute Gasteiger partial charge is 0.289 e. The van der Waals surface area contributed by atoms with Crippen molar-refractivity contribution in [3.63, 3.8) is 0 Å². The average Bonchev–Trinajstić information content (AvgIpc) is 3.38. The van der Waals surface area contributed by atoms with Crippen molar-refractivity contribution >= 4 is 23.5 Å². The summed E-state index contributed by atoms with van der Waals surface area (Å²) in [5.41, 5.74) is 6.52. The molecule has 2 aliphatic carbocycles. The predicted octanol–water partition coefficient (Wildman–Crippen LogP) is 2.31. The van der Waals surface area contributed by atoms with Crippen LogP contribution in [0.4, 0.5) is 0 Å². The largest absolute Gasteiger partial charge is 0.346 e. The molecule has 0 aromatic heterocycles. The first-order chi connectivity index (χ1) is 16.6. The Kier molecular flexibility index (Phi) is 9.13. The van der Waals surface area contributed by atoms with E-state index in [0.717, 1.165) is 38.5 Å². The molecule has 4 N–H and O–H groups in total. The second-order valence-corrected chi connectivity index (χ2v) is 11.4. The molecule has 3 aliphatic rings. The van der Waals surface area contributed by atoms with Crippen LogP contribution in [0, 0.1) is 23.2 Å². The fourth-order valence-corrected chi connectivity index (χ4v) is 6.50. The Morgan fingerprint density at radius 3 is 2.46 bits per heavy atom. The Balaban J connectivity index is 1.80. The summed E-state index contributed by atoms with van der Waals surface area (Å²) in [7, 11) is 0. The van der Waals surface area contributed by atoms with E-state index < -0.39 is 29.8 Å². The van der Waals surface area contributed by atoms with Crippen LogP contribution in [0.15, 0.2) is 12.7 Å². The van der Waals surface area contributed by atoms with E-state index in [4.69, 9.17) is 5.73 Å². The number of nitrogens with one attached hydrogen (secondary N) is 2. The molecule has 0 radical (unpaired) electrons. The zero-order valence-corrected chi connectivity index (χ0v) is 21.7. The minimum atomic E-state index is -0.922. The summed E-state index contributed by atoms with van der Waals surface area (Å²) in [6.07, 6.45) is 9.57. The lowest BCUT2D eigenvalue weighted by Crippen LogP contribution is -2.57. The number of hydrogen-bond acceptors (Lipinski definition) is 5. The van der Waals surface area contributed by atoms with Crippen LogP contribution < -0.4 is 16.4 Å². The van der Waals surface area contributed by atoms with Crippen LogP contribution in [0.25, 0.3) is 0 Å². The fraction of sp³-hybridized carbons (Fsp3) is 0.778. The van der Waals surface area contributed by atoms with E-state index in [-0.39, 0.29) is 41.5 Å². The zero-order chi connectivity index (χ0) is 25.8. The van der Waals surface area contributed by atoms with Gasteiger partial charge in [-0.05, 0) is 55.3 Å². The molecule has 8 heteroatoms. The number of ketones is 1. The number of Topliss-reactive ketones (excluding diaryl/α,β-unsaturated/α-hetero) is 1. The molecule has 3 fully saturated rings. The topological polar surface area (TPSA) is 122 Å². The normalized spacial score (nSPS) is 27.5. The SMILES string of the molecule is C=CCNC(=O)C(=O)C(CCC)NC(=O)[C@@H]1[C@H]2CCC(C)(C)[C@H]2CN1C(=O)[C@@H](N)C1CCCCC1. The fourth-order valence-electron chi connectivity index (χ4n) is 6.50. The van der Waals surface area contributed by atoms with Crippen molar-refractivity contribution in [3.8, 4) is 0 Å². The molecule has 2 saturated carbocycles. The standard InChI is InChI=1S/C27H44N4O4/c1-5-10-20(23(32)25(34)29-15-6-2)30-24(33)22-18-13-14-27(3,4)19(18)16-31(22)26(35)21(28)17-11-8-7-9-12-17/h6,17-22H,2,5,7-16,28H2,1,3-4H3,(H,29,34)(H,30,33)/t18-,19-,20?,21-,22-/m0/s1. The van der Waals surface area contributed by atoms with Crippen LogP contribution in [-0.2, 0) is 19.2 Å². The van der Waals surface area contributed by atoms with E-state index in [1.807, 2.05) is 6.92 Å². The minimum Gasteiger partial charge on any atom is -0.346 e. The number of nitrogens with zero attached hydrogens (tertiary/aromatic N) is 1. The van der Waals surface area contributed by atoms with Gasteiger partial charge in [-0.3, -0.25) is 19.2 Å². The van der Waals surface area contributed by atoms with Crippen LogP contribution in [-0.4, -0.2) is 59.6 Å². The molecule has 196 valence electrons. The quantitative estimate of drug-likeness (QED) is 0.322. The summed E-state index contributed by atoms with van der Waals surface area (Å²) in [5.74, 6) is -1.51. The second-order valence-electron chi connectivity index (χ2n) is 11.4. The molecule has 8 nitrogen and oxygen atoms in total. The number of carbonyl (C=O) groups excluding carboxylic acids is 4. The summed E-state index contributed by atoms with van der Waals surface area (Å²) < 4.78 is 0. The number of carbonyl (C=O) groups is 4. The van der Waals surface area contributed by atoms with Gasteiger partial charge >= 0.3 is 0 Å². The van der Waals surface area contributed by atoms with Gasteiger partial charge in [0, 0.05) is 13.1 Å². The first-order valence-electron chi connectivity index (χ1n) is 13.4. The molecular formula is C27H44N4O4. The first kappa shape index (κ1) is 27.4. The first-order valence-corrected chi connectivity index (χ1v) is 13.4. The van der Waals surface area contributed by atoms with E-state index in [9.17, 15) is 19.2 Å². The Bertz CT molecular complexity index is 820. The predicted molar refractivity (Wildman–Crippen MR) is 135 cm³/mol. The number of hydrogen-bond donors (Lipinski definition) is 3. The highest BCUT2D eigenvalue weighted by atomic mass is 16.2. The summed E-state index contributed by atoms with van der Waals surface area (Å²) in [5, 5.41) is 5.35. The third-order valence-corrected chi connectivity index (χ3v) is 8.61. The molecule has 1 unspecified atom stereocenters. The van der Waals surface area contributed by atoms with Crippen LogP contribution in [0.3, 0.4) is 0 Å². The maximum absolute atomic E-state index is 13.7. The monoisotopic (exact) mass is 488 g/mol. The van der Waals surface area contributed by atoms with E-state index in [1.54, 1.807) is 4.90 Å². The molecule has 0 aromatic carbocycles. The molecule has 3 amide bonds. The number of amides is 3. The van der Waals surface area contributed by atoms with Gasteiger partial charge in [0.15, 0.2) is 0 Å². The van der Waals surface area contributed by atoms with Gasteiger partial charge in [-0.1, -0.05) is 52.5 Å². The van der Waals surface area contributed by atoms with Crippen LogP contribution in [0.2, 0.25) is 0 Å². The number of nitrogens with two attached hydrogens (primary N) is 1. The van der Waals surface area contributed by atoms with Crippen LogP contribution in [0.1, 0.15) is 78.6 Å². The van der Waals surface area contributed by atoms with Crippen molar-refractivity contribution in [3.05, 3.63) is 12.7 Å². The Labute approximate surface area is 209 Å². The highest BCUT2D eigenvalue weighted by Gasteiger charge is 2.56. The summed E-state index contributed by atoms with van der Waals surface area (Å²) in [6, 6.07) is -2.19. The van der Waals surface area contributed by atoms with Crippen molar-refractivity contribution in [2.75, 3.05) is 13.1 Å². The van der Waals surface area contributed by atoms with Crippen LogP contribution in [0.5, 0.6) is 0 Å². The molecule has 0 bridgehead atoms. The average molecular weight is 489 g/mol. The third kappa shape index (κ3) is 5.96. The minimum absolute atomic E-state index is 0.0242. The molecule has 0 spiro atoms. The highest BCUT2D eigenvalue weighted by Crippen LogP contribution is 2.53. The lowest BCUT2D eigenvalue weighted by atomic mass is 9.79. The van der Waals surface area contributed by atoms with Crippen molar-refractivity contribution in [2.45, 2.75) is 96.7 Å². The van der Waals surface area contributed by atoms with Crippen molar-refractivity contribution in [1.29, 1.82) is 0 Å². The van der Waals surface area contributed by atoms with E-state index >= 15 is 0 Å². The van der Waals surface area contributed by atoms with E-state index in [0.29, 0.717) is 19.4 Å². The Morgan fingerprint density at radius 2 is 1.83 bits per heavy atom. The van der Waals surface area contributed by atoms with E-state index in [2.05, 4.69) is 31.1 Å². The lowest BCUT2D eigenvalue weighted by molar-refractivity contribution is -0.143. The Morgan fingerprint density at radius 1 is 1.14 bits per heavy atom. The van der Waals surface area contributed by atoms with Crippen LogP contribution >= 0.6 is 0 Å². The highest BCUT2D eigenvalue weighted by molar-refractivity contribution is 6.38. The molecule has 1 heterocycles. The summed E-state index contributed by atoms with van der Waals surface area (Å²) in [6.45, 7) is 10.5. The van der Waals surface area contributed by atoms with E-state index in [1.165, 1.54) is 12.5 Å². The van der Waals surface area contributed by atoms with Gasteiger partial charge in [0.1, 0.15) is 6.04 Å². The molecule has 5 atom stereocenters. The van der Waals surface area contributed by atoms with Gasteiger partial charge in [-0.25, -0.2) is 0 Å². The number of fused-ring (bicyclic) bond motifs is 1. The van der Waals surface area contributed by atoms with Crippen molar-refractivity contribution < 1.29 is 19.2 Å². The lowest BCUT2D eigenvalue weighted by Gasteiger charge is -2.34. The van der Waals surface area contributed by atoms with Gasteiger partial charge in [-0.2, -0.15) is 0 Å². The Hall–Kier alpha value is -2.22. The third-order valence-electron chi connectivity index (χ3n) is 8.61. The molecule has 1 aliphatic heterocycles. The molecule has 0 aromatic rings. The van der Waals surface area contributed by atoms with Gasteiger partial charge in [-0.15, -0.1) is 6.58 Å². The molecule has 35 heavy (non-hydrogen) atoms. The van der Waals surface area contributed by atoms with Crippen molar-refractivity contribution in [2.24, 2.45) is 28.9 Å². The van der Waals surface area contributed by atoms with Crippen molar-refractivity contribution in [1.82, 2.24) is 15.5 Å². The van der Waals surface area contributed by atoms with Gasteiger partial charge < -0.3 is 21.3 Å². The van der Waals surface area contributed by atoms with Gasteiger partial charge in [0.05, 0.1) is 12.1 Å². The molecule has 3 rings (SSSR count). The summed E-state index contributed by atoms with van der Waals surface area (Å²) >= 11 is 0. The van der Waals surface area contributed by atoms with Gasteiger partial charge in [0.25, 0.3) is 5.91 Å². The molecular weight excluding hydrogens is 444 g/mol. The summed E-state index contributed by atoms with van der Waals surface area (Å²) in [4.78, 5) is 54.1. The maximum Gasteiger partial charge on any atom is 0.289 e. The van der Waals surface area contributed by atoms with Gasteiger partial charge in [0.2, 0.25) is 17.6 Å². The second kappa shape index (κ2) is 11.7. The molecule has 1 saturated heterocycles. The zero-order valence-electron chi connectivity index (χ0n) is 21.7. The number of likely N-dealkylation sites (tertiary alicyclic amines) is 1.